The van der Waals surface area contributed by atoms with E-state index >= 15 is 0 Å². The van der Waals surface area contributed by atoms with Crippen molar-refractivity contribution in [3.63, 3.8) is 0 Å². The van der Waals surface area contributed by atoms with Crippen molar-refractivity contribution in [2.45, 2.75) is 25.8 Å². The van der Waals surface area contributed by atoms with Crippen molar-refractivity contribution < 1.29 is 14.7 Å². The molecule has 0 atom stereocenters. The highest BCUT2D eigenvalue weighted by atomic mass is 16.3. The largest absolute Gasteiger partial charge is 0.493 e. The van der Waals surface area contributed by atoms with Gasteiger partial charge in [0.15, 0.2) is 5.69 Å². The van der Waals surface area contributed by atoms with Gasteiger partial charge in [-0.05, 0) is 18.1 Å². The molecule has 0 saturated heterocycles. The second-order valence-corrected chi connectivity index (χ2v) is 6.64. The normalized spacial score (nSPS) is 10.9. The standard InChI is InChI=1S/C22H21N5O3/c23-12-6-7-13-27-18-11-5-4-10-17(18)21(22(27)30)26-25-20(29)15-24-19(28)14-16-8-2-1-3-9-16/h1-5,8-11,30H,6-7,13-15H2,(H,24,28). The fraction of sp³-hybridized carbons (Fsp3) is 0.227. The molecule has 0 radical (unpaired) electrons. The number of amides is 2. The summed E-state index contributed by atoms with van der Waals surface area (Å²) < 4.78 is 1.65. The molecule has 0 aliphatic rings. The number of nitriles is 1. The van der Waals surface area contributed by atoms with Crippen LogP contribution < -0.4 is 5.32 Å². The van der Waals surface area contributed by atoms with Gasteiger partial charge in [0, 0.05) is 18.4 Å². The van der Waals surface area contributed by atoms with E-state index in [4.69, 9.17) is 5.26 Å². The van der Waals surface area contributed by atoms with Crippen molar-refractivity contribution in [3.8, 4) is 11.9 Å². The number of nitrogens with one attached hydrogen (secondary N) is 1. The summed E-state index contributed by atoms with van der Waals surface area (Å²) in [4.78, 5) is 24.0. The molecule has 0 bridgehead atoms. The molecule has 2 aromatic carbocycles. The molecule has 1 heterocycles. The first-order chi connectivity index (χ1) is 14.6. The minimum Gasteiger partial charge on any atom is -0.493 e. The van der Waals surface area contributed by atoms with Gasteiger partial charge in [-0.1, -0.05) is 48.5 Å². The number of aryl methyl sites for hydroxylation is 1. The number of fused-ring (bicyclic) bond motifs is 1. The SMILES string of the molecule is N#CCCCn1c(O)c(N=NC(=O)CNC(=O)Cc2ccccc2)c2ccccc21. The van der Waals surface area contributed by atoms with Crippen LogP contribution in [0.1, 0.15) is 18.4 Å². The number of rotatable bonds is 8. The number of para-hydroxylation sites is 1. The number of hydrogen-bond acceptors (Lipinski definition) is 5. The maximum atomic E-state index is 12.0. The molecular formula is C22H21N5O3. The number of carbonyl (C=O) groups excluding carboxylic acids is 2. The van der Waals surface area contributed by atoms with E-state index in [2.05, 4.69) is 21.6 Å². The van der Waals surface area contributed by atoms with Crippen LogP contribution in [0.2, 0.25) is 0 Å². The smallest absolute Gasteiger partial charge is 0.283 e. The Labute approximate surface area is 173 Å². The average Bonchev–Trinajstić information content (AvgIpc) is 3.03. The van der Waals surface area contributed by atoms with E-state index in [0.717, 1.165) is 11.1 Å². The Morgan fingerprint density at radius 3 is 2.60 bits per heavy atom. The van der Waals surface area contributed by atoms with Crippen LogP contribution in [0.5, 0.6) is 5.88 Å². The zero-order chi connectivity index (χ0) is 21.3. The second kappa shape index (κ2) is 9.98. The molecule has 8 nitrogen and oxygen atoms in total. The Bertz CT molecular complexity index is 1110. The van der Waals surface area contributed by atoms with Crippen LogP contribution in [0.25, 0.3) is 10.9 Å². The number of aromatic hydroxyl groups is 1. The number of hydrogen-bond donors (Lipinski definition) is 2. The number of aromatic nitrogens is 1. The lowest BCUT2D eigenvalue weighted by Gasteiger charge is -2.04. The number of benzene rings is 2. The first-order valence-corrected chi connectivity index (χ1v) is 9.52. The molecule has 30 heavy (non-hydrogen) atoms. The molecule has 0 saturated carbocycles. The summed E-state index contributed by atoms with van der Waals surface area (Å²) in [5.74, 6) is -1.03. The third kappa shape index (κ3) is 5.08. The third-order valence-electron chi connectivity index (χ3n) is 4.49. The molecule has 3 aromatic rings. The van der Waals surface area contributed by atoms with Crippen molar-refractivity contribution in [1.29, 1.82) is 5.26 Å². The van der Waals surface area contributed by atoms with Crippen molar-refractivity contribution in [2.75, 3.05) is 6.54 Å². The van der Waals surface area contributed by atoms with Gasteiger partial charge in [0.05, 0.1) is 18.0 Å². The predicted molar refractivity (Wildman–Crippen MR) is 111 cm³/mol. The summed E-state index contributed by atoms with van der Waals surface area (Å²) in [7, 11) is 0. The molecule has 152 valence electrons. The van der Waals surface area contributed by atoms with E-state index in [1.54, 1.807) is 16.7 Å². The number of azo groups is 1. The Hall–Kier alpha value is -3.99. The predicted octanol–water partition coefficient (Wildman–Crippen LogP) is 3.62. The maximum Gasteiger partial charge on any atom is 0.283 e. The molecule has 0 unspecified atom stereocenters. The second-order valence-electron chi connectivity index (χ2n) is 6.64. The van der Waals surface area contributed by atoms with Gasteiger partial charge in [0.2, 0.25) is 11.8 Å². The number of unbranched alkanes of at least 4 members (excludes halogenated alkanes) is 1. The van der Waals surface area contributed by atoms with Crippen LogP contribution in [-0.4, -0.2) is 28.0 Å². The summed E-state index contributed by atoms with van der Waals surface area (Å²) in [6.45, 7) is 0.162. The summed E-state index contributed by atoms with van der Waals surface area (Å²) in [5.41, 5.74) is 1.77. The van der Waals surface area contributed by atoms with E-state index in [-0.39, 0.29) is 30.4 Å². The highest BCUT2D eigenvalue weighted by Gasteiger charge is 2.16. The van der Waals surface area contributed by atoms with Crippen molar-refractivity contribution in [1.82, 2.24) is 9.88 Å². The van der Waals surface area contributed by atoms with Gasteiger partial charge < -0.3 is 15.0 Å². The van der Waals surface area contributed by atoms with Crippen molar-refractivity contribution >= 4 is 28.4 Å². The van der Waals surface area contributed by atoms with Gasteiger partial charge in [0.1, 0.15) is 6.54 Å². The lowest BCUT2D eigenvalue weighted by Crippen LogP contribution is -2.29. The van der Waals surface area contributed by atoms with Crippen LogP contribution in [-0.2, 0) is 22.6 Å². The molecule has 2 N–H and O–H groups in total. The monoisotopic (exact) mass is 403 g/mol. The van der Waals surface area contributed by atoms with E-state index in [0.29, 0.717) is 24.8 Å². The summed E-state index contributed by atoms with van der Waals surface area (Å²) >= 11 is 0. The Morgan fingerprint density at radius 2 is 1.83 bits per heavy atom. The van der Waals surface area contributed by atoms with Crippen LogP contribution in [0.4, 0.5) is 5.69 Å². The van der Waals surface area contributed by atoms with Gasteiger partial charge in [0.25, 0.3) is 5.91 Å². The molecule has 0 aliphatic carbocycles. The highest BCUT2D eigenvalue weighted by molar-refractivity contribution is 5.95. The highest BCUT2D eigenvalue weighted by Crippen LogP contribution is 2.38. The van der Waals surface area contributed by atoms with Gasteiger partial charge in [-0.15, -0.1) is 10.2 Å². The molecule has 0 fully saturated rings. The van der Waals surface area contributed by atoms with Crippen LogP contribution in [0.15, 0.2) is 64.8 Å². The lowest BCUT2D eigenvalue weighted by molar-refractivity contribution is -0.124. The van der Waals surface area contributed by atoms with Crippen molar-refractivity contribution in [3.05, 3.63) is 60.2 Å². The van der Waals surface area contributed by atoms with Crippen LogP contribution in [0, 0.1) is 11.3 Å². The topological polar surface area (TPSA) is 120 Å². The first-order valence-electron chi connectivity index (χ1n) is 9.52. The number of carbonyl (C=O) groups is 2. The van der Waals surface area contributed by atoms with Crippen molar-refractivity contribution in [2.24, 2.45) is 10.2 Å². The summed E-state index contributed by atoms with van der Waals surface area (Å²) in [6.07, 6.45) is 1.11. The molecule has 0 spiro atoms. The fourth-order valence-corrected chi connectivity index (χ4v) is 3.07. The third-order valence-corrected chi connectivity index (χ3v) is 4.49. The lowest BCUT2D eigenvalue weighted by atomic mass is 10.1. The van der Waals surface area contributed by atoms with E-state index < -0.39 is 5.91 Å². The molecule has 3 rings (SSSR count). The van der Waals surface area contributed by atoms with Gasteiger partial charge in [-0.25, -0.2) is 0 Å². The zero-order valence-corrected chi connectivity index (χ0v) is 16.3. The molecule has 0 aliphatic heterocycles. The fourth-order valence-electron chi connectivity index (χ4n) is 3.07. The zero-order valence-electron chi connectivity index (χ0n) is 16.3. The van der Waals surface area contributed by atoms with E-state index in [1.165, 1.54) is 0 Å². The van der Waals surface area contributed by atoms with Gasteiger partial charge >= 0.3 is 0 Å². The molecule has 1 aromatic heterocycles. The minimum atomic E-state index is -0.628. The summed E-state index contributed by atoms with van der Waals surface area (Å²) in [5, 5.41) is 30.0. The van der Waals surface area contributed by atoms with Gasteiger partial charge in [-0.3, -0.25) is 9.59 Å². The van der Waals surface area contributed by atoms with Crippen LogP contribution >= 0.6 is 0 Å². The molecular weight excluding hydrogens is 382 g/mol. The minimum absolute atomic E-state index is 0.112. The van der Waals surface area contributed by atoms with E-state index in [1.807, 2.05) is 42.5 Å². The molecule has 8 heteroatoms. The summed E-state index contributed by atoms with van der Waals surface area (Å²) in [6, 6.07) is 18.5. The van der Waals surface area contributed by atoms with Gasteiger partial charge in [-0.2, -0.15) is 5.26 Å². The van der Waals surface area contributed by atoms with E-state index in [9.17, 15) is 14.7 Å². The average molecular weight is 403 g/mol. The Kier molecular flexibility index (Phi) is 6.90. The Balaban J connectivity index is 1.66. The van der Waals surface area contributed by atoms with Crippen LogP contribution in [0.3, 0.4) is 0 Å². The maximum absolute atomic E-state index is 12.0. The Morgan fingerprint density at radius 1 is 1.10 bits per heavy atom. The quantitative estimate of drug-likeness (QED) is 0.441. The number of nitrogens with zero attached hydrogens (tertiary/aromatic N) is 4. The first kappa shape index (κ1) is 20.7. The molecule has 2 amide bonds.